The Hall–Kier alpha value is -2.90. The highest BCUT2D eigenvalue weighted by Crippen LogP contribution is 2.16. The maximum absolute atomic E-state index is 12.3. The third kappa shape index (κ3) is 9.73. The van der Waals surface area contributed by atoms with Gasteiger partial charge in [-0.15, -0.1) is 0 Å². The number of non-ortho nitro benzene ring substituents is 1. The third-order valence-corrected chi connectivity index (χ3v) is 3.48. The van der Waals surface area contributed by atoms with E-state index >= 15 is 0 Å². The highest BCUT2D eigenvalue weighted by atomic mass is 16.6. The number of nitro groups is 1. The van der Waals surface area contributed by atoms with Gasteiger partial charge < -0.3 is 14.8 Å². The molecule has 8 heteroatoms. The summed E-state index contributed by atoms with van der Waals surface area (Å²) in [6, 6.07) is 5.44. The highest BCUT2D eigenvalue weighted by molar-refractivity contribution is 5.88. The lowest BCUT2D eigenvalue weighted by Crippen LogP contribution is -2.39. The van der Waals surface area contributed by atoms with E-state index in [2.05, 4.69) is 5.32 Å². The fourth-order valence-electron chi connectivity index (χ4n) is 2.35. The molecule has 1 unspecified atom stereocenters. The molecule has 160 valence electrons. The van der Waals surface area contributed by atoms with Gasteiger partial charge in [0.05, 0.1) is 11.0 Å². The van der Waals surface area contributed by atoms with E-state index in [-0.39, 0.29) is 5.69 Å². The van der Waals surface area contributed by atoms with Crippen molar-refractivity contribution < 1.29 is 24.0 Å². The van der Waals surface area contributed by atoms with Crippen LogP contribution in [0.15, 0.2) is 35.9 Å². The Morgan fingerprint density at radius 2 is 1.59 bits per heavy atom. The van der Waals surface area contributed by atoms with Crippen molar-refractivity contribution in [3.8, 4) is 0 Å². The van der Waals surface area contributed by atoms with Crippen LogP contribution in [0.5, 0.6) is 0 Å². The van der Waals surface area contributed by atoms with Crippen molar-refractivity contribution in [3.63, 3.8) is 0 Å². The van der Waals surface area contributed by atoms with E-state index in [1.165, 1.54) is 12.1 Å². The minimum atomic E-state index is -0.675. The van der Waals surface area contributed by atoms with Crippen molar-refractivity contribution in [1.82, 2.24) is 5.32 Å². The Morgan fingerprint density at radius 3 is 2.03 bits per heavy atom. The molecule has 8 nitrogen and oxygen atoms in total. The molecule has 0 bridgehead atoms. The first-order chi connectivity index (χ1) is 13.2. The van der Waals surface area contributed by atoms with Crippen molar-refractivity contribution in [2.24, 2.45) is 0 Å². The molecule has 0 aliphatic carbocycles. The van der Waals surface area contributed by atoms with Gasteiger partial charge in [-0.2, -0.15) is 0 Å². The second-order valence-corrected chi connectivity index (χ2v) is 8.73. The lowest BCUT2D eigenvalue weighted by atomic mass is 10.0. The SMILES string of the molecule is CC(=CC(Cc1ccc([N+](=O)[O-])cc1)NC(=O)OC(C)(C)C)C(=O)OC(C)(C)C. The van der Waals surface area contributed by atoms with E-state index in [0.717, 1.165) is 5.56 Å². The van der Waals surface area contributed by atoms with Crippen LogP contribution >= 0.6 is 0 Å². The summed E-state index contributed by atoms with van der Waals surface area (Å²) >= 11 is 0. The van der Waals surface area contributed by atoms with Crippen LogP contribution in [-0.2, 0) is 20.7 Å². The average Bonchev–Trinajstić information content (AvgIpc) is 2.51. The summed E-state index contributed by atoms with van der Waals surface area (Å²) in [5.74, 6) is -0.489. The molecule has 0 radical (unpaired) electrons. The number of amides is 1. The molecule has 0 aliphatic rings. The molecule has 1 aromatic rings. The van der Waals surface area contributed by atoms with Crippen molar-refractivity contribution in [3.05, 3.63) is 51.6 Å². The van der Waals surface area contributed by atoms with Crippen LogP contribution in [0.25, 0.3) is 0 Å². The van der Waals surface area contributed by atoms with Crippen molar-refractivity contribution in [2.75, 3.05) is 0 Å². The number of nitrogens with zero attached hydrogens (tertiary/aromatic N) is 1. The minimum Gasteiger partial charge on any atom is -0.457 e. The van der Waals surface area contributed by atoms with Gasteiger partial charge in [-0.25, -0.2) is 9.59 Å². The number of ether oxygens (including phenoxy) is 2. The van der Waals surface area contributed by atoms with Crippen LogP contribution in [0, 0.1) is 10.1 Å². The van der Waals surface area contributed by atoms with Crippen molar-refractivity contribution in [1.29, 1.82) is 0 Å². The van der Waals surface area contributed by atoms with E-state index in [4.69, 9.17) is 9.47 Å². The van der Waals surface area contributed by atoms with Crippen LogP contribution in [-0.4, -0.2) is 34.2 Å². The normalized spacial score (nSPS) is 13.4. The molecule has 0 aliphatic heterocycles. The first-order valence-corrected chi connectivity index (χ1v) is 9.31. The number of hydrogen-bond donors (Lipinski definition) is 1. The monoisotopic (exact) mass is 406 g/mol. The molecule has 0 heterocycles. The molecule has 0 aromatic heterocycles. The van der Waals surface area contributed by atoms with Gasteiger partial charge in [0, 0.05) is 17.7 Å². The van der Waals surface area contributed by atoms with E-state index in [0.29, 0.717) is 12.0 Å². The van der Waals surface area contributed by atoms with Crippen molar-refractivity contribution in [2.45, 2.75) is 72.1 Å². The molecule has 1 rings (SSSR count). The average molecular weight is 406 g/mol. The number of hydrogen-bond acceptors (Lipinski definition) is 6. The molecule has 0 spiro atoms. The van der Waals surface area contributed by atoms with Crippen molar-refractivity contribution >= 4 is 17.7 Å². The molecule has 1 amide bonds. The van der Waals surface area contributed by atoms with Crippen LogP contribution in [0.1, 0.15) is 54.0 Å². The maximum atomic E-state index is 12.3. The second kappa shape index (κ2) is 9.54. The number of benzene rings is 1. The molecule has 0 saturated carbocycles. The van der Waals surface area contributed by atoms with E-state index in [1.807, 2.05) is 0 Å². The fourth-order valence-corrected chi connectivity index (χ4v) is 2.35. The zero-order valence-corrected chi connectivity index (χ0v) is 18.1. The van der Waals surface area contributed by atoms with Crippen LogP contribution in [0.4, 0.5) is 10.5 Å². The zero-order chi connectivity index (χ0) is 22.4. The minimum absolute atomic E-state index is 0.0223. The van der Waals surface area contributed by atoms with Crippen LogP contribution < -0.4 is 5.32 Å². The van der Waals surface area contributed by atoms with E-state index in [1.54, 1.807) is 66.7 Å². The lowest BCUT2D eigenvalue weighted by molar-refractivity contribution is -0.384. The summed E-state index contributed by atoms with van der Waals surface area (Å²) in [5.41, 5.74) is -0.247. The van der Waals surface area contributed by atoms with Gasteiger partial charge in [-0.1, -0.05) is 18.2 Å². The Balaban J connectivity index is 3.04. The Morgan fingerprint density at radius 1 is 1.07 bits per heavy atom. The molecule has 1 atom stereocenters. The zero-order valence-electron chi connectivity index (χ0n) is 18.1. The molecule has 0 fully saturated rings. The predicted molar refractivity (Wildman–Crippen MR) is 110 cm³/mol. The Labute approximate surface area is 171 Å². The topological polar surface area (TPSA) is 108 Å². The smallest absolute Gasteiger partial charge is 0.408 e. The number of nitro benzene ring substituents is 1. The predicted octanol–water partition coefficient (Wildman–Crippen LogP) is 4.32. The van der Waals surface area contributed by atoms with E-state index in [9.17, 15) is 19.7 Å². The quantitative estimate of drug-likeness (QED) is 0.326. The van der Waals surface area contributed by atoms with Gasteiger partial charge >= 0.3 is 12.1 Å². The van der Waals surface area contributed by atoms with Gasteiger partial charge in [-0.05, 0) is 60.5 Å². The number of esters is 1. The fraction of sp³-hybridized carbons (Fsp3) is 0.524. The van der Waals surface area contributed by atoms with Crippen LogP contribution in [0.3, 0.4) is 0 Å². The van der Waals surface area contributed by atoms with Gasteiger partial charge in [0.1, 0.15) is 11.2 Å². The number of carbonyl (C=O) groups excluding carboxylic acids is 2. The molecule has 0 saturated heterocycles. The van der Waals surface area contributed by atoms with E-state index < -0.39 is 34.2 Å². The standard InChI is InChI=1S/C21H30N2O6/c1-14(18(24)28-20(2,3)4)12-16(22-19(25)29-21(5,6)7)13-15-8-10-17(11-9-15)23(26)27/h8-12,16H,13H2,1-7H3,(H,22,25). The molecule has 1 N–H and O–H groups in total. The highest BCUT2D eigenvalue weighted by Gasteiger charge is 2.22. The molecule has 29 heavy (non-hydrogen) atoms. The number of nitrogens with one attached hydrogen (secondary N) is 1. The number of alkyl carbamates (subject to hydrolysis) is 1. The molecular weight excluding hydrogens is 376 g/mol. The summed E-state index contributed by atoms with van der Waals surface area (Å²) in [4.78, 5) is 34.8. The molecular formula is C21H30N2O6. The first-order valence-electron chi connectivity index (χ1n) is 9.31. The van der Waals surface area contributed by atoms with Gasteiger partial charge in [0.15, 0.2) is 0 Å². The summed E-state index contributed by atoms with van der Waals surface area (Å²) in [5, 5.41) is 13.5. The summed E-state index contributed by atoms with van der Waals surface area (Å²) in [6.45, 7) is 12.2. The second-order valence-electron chi connectivity index (χ2n) is 8.73. The summed E-state index contributed by atoms with van der Waals surface area (Å²) in [7, 11) is 0. The Kier molecular flexibility index (Phi) is 7.94. The number of rotatable bonds is 6. The Bertz CT molecular complexity index is 770. The first kappa shape index (κ1) is 24.1. The summed E-state index contributed by atoms with van der Waals surface area (Å²) < 4.78 is 10.6. The number of carbonyl (C=O) groups is 2. The maximum Gasteiger partial charge on any atom is 0.408 e. The third-order valence-electron chi connectivity index (χ3n) is 3.48. The summed E-state index contributed by atoms with van der Waals surface area (Å²) in [6.07, 6.45) is 1.29. The van der Waals surface area contributed by atoms with Gasteiger partial charge in [0.25, 0.3) is 5.69 Å². The van der Waals surface area contributed by atoms with Gasteiger partial charge in [0.2, 0.25) is 0 Å². The van der Waals surface area contributed by atoms with Crippen LogP contribution in [0.2, 0.25) is 0 Å². The van der Waals surface area contributed by atoms with Gasteiger partial charge in [-0.3, -0.25) is 10.1 Å². The lowest BCUT2D eigenvalue weighted by Gasteiger charge is -2.23. The molecule has 1 aromatic carbocycles. The largest absolute Gasteiger partial charge is 0.457 e.